The van der Waals surface area contributed by atoms with Crippen molar-refractivity contribution in [3.05, 3.63) is 35.4 Å². The Labute approximate surface area is 121 Å². The van der Waals surface area contributed by atoms with E-state index in [9.17, 15) is 4.79 Å². The highest BCUT2D eigenvalue weighted by molar-refractivity contribution is 5.87. The van der Waals surface area contributed by atoms with E-state index in [-0.39, 0.29) is 0 Å². The van der Waals surface area contributed by atoms with Crippen molar-refractivity contribution >= 4 is 5.97 Å². The maximum Gasteiger partial charge on any atom is 0.335 e. The van der Waals surface area contributed by atoms with Gasteiger partial charge in [-0.25, -0.2) is 4.79 Å². The average molecular weight is 275 g/mol. The lowest BCUT2D eigenvalue weighted by Gasteiger charge is -2.21. The largest absolute Gasteiger partial charge is 0.478 e. The molecule has 2 N–H and O–H groups in total. The monoisotopic (exact) mass is 275 g/mol. The van der Waals surface area contributed by atoms with Crippen LogP contribution in [-0.4, -0.2) is 17.6 Å². The minimum absolute atomic E-state index is 0.367. The molecule has 1 saturated carbocycles. The molecule has 3 nitrogen and oxygen atoms in total. The van der Waals surface area contributed by atoms with Crippen molar-refractivity contribution < 1.29 is 9.90 Å². The lowest BCUT2D eigenvalue weighted by Crippen LogP contribution is -2.16. The number of carbonyl (C=O) groups is 1. The van der Waals surface area contributed by atoms with Crippen LogP contribution in [0.5, 0.6) is 0 Å². The molecule has 20 heavy (non-hydrogen) atoms. The van der Waals surface area contributed by atoms with Crippen LogP contribution in [0.25, 0.3) is 0 Å². The molecule has 1 aromatic carbocycles. The summed E-state index contributed by atoms with van der Waals surface area (Å²) in [6.07, 6.45) is 9.65. The fraction of sp³-hybridized carbons (Fsp3) is 0.588. The summed E-state index contributed by atoms with van der Waals surface area (Å²) in [5.41, 5.74) is 1.41. The first-order valence-electron chi connectivity index (χ1n) is 7.78. The molecule has 0 atom stereocenters. The molecule has 3 heteroatoms. The molecule has 1 fully saturated rings. The molecule has 0 radical (unpaired) electrons. The van der Waals surface area contributed by atoms with E-state index in [1.807, 2.05) is 12.1 Å². The molecular weight excluding hydrogens is 250 g/mol. The van der Waals surface area contributed by atoms with Crippen LogP contribution in [0.1, 0.15) is 60.9 Å². The Bertz CT molecular complexity index is 425. The first kappa shape index (κ1) is 15.0. The first-order chi connectivity index (χ1) is 9.75. The van der Waals surface area contributed by atoms with Gasteiger partial charge in [-0.1, -0.05) is 44.2 Å². The van der Waals surface area contributed by atoms with Crippen molar-refractivity contribution in [2.45, 2.75) is 51.5 Å². The van der Waals surface area contributed by atoms with Crippen molar-refractivity contribution in [2.24, 2.45) is 5.92 Å². The molecule has 2 rings (SSSR count). The van der Waals surface area contributed by atoms with Gasteiger partial charge in [0.15, 0.2) is 0 Å². The molecule has 0 amide bonds. The number of benzene rings is 1. The predicted molar refractivity (Wildman–Crippen MR) is 80.9 cm³/mol. The van der Waals surface area contributed by atoms with Crippen molar-refractivity contribution in [3.63, 3.8) is 0 Å². The van der Waals surface area contributed by atoms with E-state index in [4.69, 9.17) is 5.11 Å². The van der Waals surface area contributed by atoms with E-state index in [0.717, 1.165) is 24.6 Å². The molecule has 0 saturated heterocycles. The fourth-order valence-electron chi connectivity index (χ4n) is 3.04. The molecule has 0 heterocycles. The quantitative estimate of drug-likeness (QED) is 0.743. The third-order valence-electron chi connectivity index (χ3n) is 4.19. The Morgan fingerprint density at radius 2 is 2.05 bits per heavy atom. The number of carboxylic acids is 1. The van der Waals surface area contributed by atoms with Crippen LogP contribution in [-0.2, 0) is 6.54 Å². The highest BCUT2D eigenvalue weighted by Crippen LogP contribution is 2.26. The summed E-state index contributed by atoms with van der Waals surface area (Å²) in [6, 6.07) is 7.16. The Morgan fingerprint density at radius 3 is 2.80 bits per heavy atom. The predicted octanol–water partition coefficient (Wildman–Crippen LogP) is 3.83. The highest BCUT2D eigenvalue weighted by Gasteiger charge is 2.12. The zero-order valence-electron chi connectivity index (χ0n) is 12.1. The average Bonchev–Trinajstić information content (AvgIpc) is 2.48. The fourth-order valence-corrected chi connectivity index (χ4v) is 3.04. The minimum atomic E-state index is -0.857. The van der Waals surface area contributed by atoms with Crippen LogP contribution < -0.4 is 5.32 Å². The summed E-state index contributed by atoms with van der Waals surface area (Å²) in [7, 11) is 0. The van der Waals surface area contributed by atoms with Gasteiger partial charge in [0.25, 0.3) is 0 Å². The maximum atomic E-state index is 10.9. The van der Waals surface area contributed by atoms with Crippen molar-refractivity contribution in [1.29, 1.82) is 0 Å². The van der Waals surface area contributed by atoms with Gasteiger partial charge in [0.1, 0.15) is 0 Å². The van der Waals surface area contributed by atoms with E-state index in [0.29, 0.717) is 5.56 Å². The third kappa shape index (κ3) is 4.97. The normalized spacial score (nSPS) is 16.2. The summed E-state index contributed by atoms with van der Waals surface area (Å²) in [5, 5.41) is 12.4. The van der Waals surface area contributed by atoms with E-state index in [1.165, 1.54) is 44.9 Å². The summed E-state index contributed by atoms with van der Waals surface area (Å²) < 4.78 is 0. The van der Waals surface area contributed by atoms with Gasteiger partial charge in [-0.05, 0) is 43.0 Å². The Kier molecular flexibility index (Phi) is 6.06. The lowest BCUT2D eigenvalue weighted by atomic mass is 9.86. The van der Waals surface area contributed by atoms with Gasteiger partial charge in [-0.3, -0.25) is 0 Å². The summed E-state index contributed by atoms with van der Waals surface area (Å²) >= 11 is 0. The summed E-state index contributed by atoms with van der Waals surface area (Å²) in [4.78, 5) is 10.9. The van der Waals surface area contributed by atoms with Crippen molar-refractivity contribution in [3.8, 4) is 0 Å². The molecule has 1 aromatic rings. The second-order valence-corrected chi connectivity index (χ2v) is 5.83. The molecule has 0 bridgehead atoms. The van der Waals surface area contributed by atoms with Crippen molar-refractivity contribution in [1.82, 2.24) is 5.32 Å². The third-order valence-corrected chi connectivity index (χ3v) is 4.19. The smallest absolute Gasteiger partial charge is 0.335 e. The van der Waals surface area contributed by atoms with Gasteiger partial charge < -0.3 is 10.4 Å². The maximum absolute atomic E-state index is 10.9. The lowest BCUT2D eigenvalue weighted by molar-refractivity contribution is 0.0696. The molecule has 0 unspecified atom stereocenters. The van der Waals surface area contributed by atoms with Gasteiger partial charge >= 0.3 is 5.97 Å². The topological polar surface area (TPSA) is 49.3 Å². The first-order valence-corrected chi connectivity index (χ1v) is 7.78. The van der Waals surface area contributed by atoms with E-state index in [1.54, 1.807) is 12.1 Å². The molecule has 0 spiro atoms. The Balaban J connectivity index is 1.63. The Hall–Kier alpha value is -1.35. The molecule has 1 aliphatic carbocycles. The van der Waals surface area contributed by atoms with Gasteiger partial charge in [0, 0.05) is 6.54 Å². The molecule has 0 aliphatic heterocycles. The SMILES string of the molecule is O=C(O)c1cccc(CNCCCC2CCCCC2)c1. The molecule has 0 aromatic heterocycles. The van der Waals surface area contributed by atoms with Crippen molar-refractivity contribution in [2.75, 3.05) is 6.54 Å². The summed E-state index contributed by atoms with van der Waals surface area (Å²) in [5.74, 6) is 0.0880. The number of rotatable bonds is 7. The second kappa shape index (κ2) is 8.05. The van der Waals surface area contributed by atoms with Crippen LogP contribution in [0.4, 0.5) is 0 Å². The number of nitrogens with one attached hydrogen (secondary N) is 1. The van der Waals surface area contributed by atoms with Gasteiger partial charge in [0.05, 0.1) is 5.56 Å². The zero-order chi connectivity index (χ0) is 14.2. The van der Waals surface area contributed by atoms with Crippen LogP contribution in [0.2, 0.25) is 0 Å². The van der Waals surface area contributed by atoms with E-state index >= 15 is 0 Å². The van der Waals surface area contributed by atoms with Gasteiger partial charge in [-0.15, -0.1) is 0 Å². The van der Waals surface area contributed by atoms with Gasteiger partial charge in [0.2, 0.25) is 0 Å². The Morgan fingerprint density at radius 1 is 1.25 bits per heavy atom. The summed E-state index contributed by atoms with van der Waals surface area (Å²) in [6.45, 7) is 1.78. The van der Waals surface area contributed by atoms with E-state index < -0.39 is 5.97 Å². The molecular formula is C17H25NO2. The van der Waals surface area contributed by atoms with Crippen LogP contribution in [0.3, 0.4) is 0 Å². The number of hydrogen-bond acceptors (Lipinski definition) is 2. The second-order valence-electron chi connectivity index (χ2n) is 5.83. The minimum Gasteiger partial charge on any atom is -0.478 e. The number of hydrogen-bond donors (Lipinski definition) is 2. The standard InChI is InChI=1S/C17H25NO2/c19-17(20)16-10-4-8-15(12-16)13-18-11-5-9-14-6-2-1-3-7-14/h4,8,10,12,14,18H,1-3,5-7,9,11,13H2,(H,19,20). The zero-order valence-corrected chi connectivity index (χ0v) is 12.1. The van der Waals surface area contributed by atoms with Crippen LogP contribution in [0, 0.1) is 5.92 Å². The van der Waals surface area contributed by atoms with Crippen LogP contribution >= 0.6 is 0 Å². The van der Waals surface area contributed by atoms with Gasteiger partial charge in [-0.2, -0.15) is 0 Å². The van der Waals surface area contributed by atoms with E-state index in [2.05, 4.69) is 5.32 Å². The number of carboxylic acid groups (broad SMARTS) is 1. The van der Waals surface area contributed by atoms with Crippen LogP contribution in [0.15, 0.2) is 24.3 Å². The molecule has 110 valence electrons. The molecule has 1 aliphatic rings. The highest BCUT2D eigenvalue weighted by atomic mass is 16.4. The number of aromatic carboxylic acids is 1.